The lowest BCUT2D eigenvalue weighted by Gasteiger charge is -2.41. The van der Waals surface area contributed by atoms with Crippen molar-refractivity contribution >= 4 is 12.6 Å². The normalized spacial score (nSPS) is 19.7. The summed E-state index contributed by atoms with van der Waals surface area (Å²) in [7, 11) is 0. The molecule has 0 N–H and O–H groups in total. The van der Waals surface area contributed by atoms with Gasteiger partial charge >= 0.3 is 0 Å². The molecule has 0 radical (unpaired) electrons. The second kappa shape index (κ2) is 8.47. The van der Waals surface area contributed by atoms with Crippen molar-refractivity contribution in [3.05, 3.63) is 0 Å². The lowest BCUT2D eigenvalue weighted by molar-refractivity contribution is 0.115. The SMILES string of the molecule is CCC(CC)CN(CC)CC1(CS)CCCCC1. The van der Waals surface area contributed by atoms with Crippen molar-refractivity contribution in [1.29, 1.82) is 0 Å². The Kier molecular flexibility index (Phi) is 7.70. The van der Waals surface area contributed by atoms with Crippen LogP contribution in [0.3, 0.4) is 0 Å². The average Bonchev–Trinajstić information content (AvgIpc) is 2.44. The van der Waals surface area contributed by atoms with E-state index < -0.39 is 0 Å². The van der Waals surface area contributed by atoms with E-state index in [1.165, 1.54) is 64.6 Å². The summed E-state index contributed by atoms with van der Waals surface area (Å²) >= 11 is 4.67. The van der Waals surface area contributed by atoms with Crippen molar-refractivity contribution in [2.24, 2.45) is 11.3 Å². The first-order chi connectivity index (χ1) is 8.69. The van der Waals surface area contributed by atoms with Crippen LogP contribution in [-0.2, 0) is 0 Å². The molecular formula is C16H33NS. The van der Waals surface area contributed by atoms with Gasteiger partial charge < -0.3 is 4.90 Å². The van der Waals surface area contributed by atoms with Crippen molar-refractivity contribution in [3.63, 3.8) is 0 Å². The van der Waals surface area contributed by atoms with Crippen LogP contribution in [0.5, 0.6) is 0 Å². The summed E-state index contributed by atoms with van der Waals surface area (Å²) in [6.07, 6.45) is 9.72. The minimum atomic E-state index is 0.517. The van der Waals surface area contributed by atoms with Crippen LogP contribution in [-0.4, -0.2) is 30.3 Å². The zero-order valence-corrected chi connectivity index (χ0v) is 13.6. The Balaban J connectivity index is 2.53. The summed E-state index contributed by atoms with van der Waals surface area (Å²) in [5, 5.41) is 0. The Morgan fingerprint density at radius 2 is 1.67 bits per heavy atom. The van der Waals surface area contributed by atoms with Crippen LogP contribution in [0.2, 0.25) is 0 Å². The first kappa shape index (κ1) is 16.4. The number of hydrogen-bond acceptors (Lipinski definition) is 2. The molecule has 1 saturated carbocycles. The zero-order valence-electron chi connectivity index (χ0n) is 12.7. The fraction of sp³-hybridized carbons (Fsp3) is 1.00. The molecule has 2 heteroatoms. The van der Waals surface area contributed by atoms with Crippen molar-refractivity contribution in [3.8, 4) is 0 Å². The highest BCUT2D eigenvalue weighted by Crippen LogP contribution is 2.38. The van der Waals surface area contributed by atoms with Crippen LogP contribution >= 0.6 is 12.6 Å². The summed E-state index contributed by atoms with van der Waals surface area (Å²) in [6, 6.07) is 0. The van der Waals surface area contributed by atoms with Crippen LogP contribution < -0.4 is 0 Å². The first-order valence-corrected chi connectivity index (χ1v) is 8.66. The van der Waals surface area contributed by atoms with E-state index in [4.69, 9.17) is 0 Å². The van der Waals surface area contributed by atoms with Gasteiger partial charge in [-0.25, -0.2) is 0 Å². The zero-order chi connectivity index (χ0) is 13.4. The molecule has 0 unspecified atom stereocenters. The highest BCUT2D eigenvalue weighted by Gasteiger charge is 2.32. The highest BCUT2D eigenvalue weighted by atomic mass is 32.1. The molecule has 0 aromatic rings. The number of nitrogens with zero attached hydrogens (tertiary/aromatic N) is 1. The van der Waals surface area contributed by atoms with Crippen molar-refractivity contribution in [2.75, 3.05) is 25.4 Å². The van der Waals surface area contributed by atoms with Gasteiger partial charge in [0.15, 0.2) is 0 Å². The van der Waals surface area contributed by atoms with Gasteiger partial charge in [0.2, 0.25) is 0 Å². The predicted molar refractivity (Wildman–Crippen MR) is 85.6 cm³/mol. The van der Waals surface area contributed by atoms with Gasteiger partial charge in [0.25, 0.3) is 0 Å². The van der Waals surface area contributed by atoms with Crippen molar-refractivity contribution in [1.82, 2.24) is 4.90 Å². The van der Waals surface area contributed by atoms with E-state index >= 15 is 0 Å². The van der Waals surface area contributed by atoms with Crippen LogP contribution in [0.25, 0.3) is 0 Å². The molecule has 0 aromatic carbocycles. The van der Waals surface area contributed by atoms with Gasteiger partial charge in [0, 0.05) is 13.1 Å². The number of thiol groups is 1. The third kappa shape index (κ3) is 4.77. The third-order valence-electron chi connectivity index (χ3n) is 4.93. The van der Waals surface area contributed by atoms with E-state index in [0.717, 1.165) is 11.7 Å². The smallest absolute Gasteiger partial charge is 0.00458 e. The average molecular weight is 272 g/mol. The largest absolute Gasteiger partial charge is 0.303 e. The molecular weight excluding hydrogens is 238 g/mol. The summed E-state index contributed by atoms with van der Waals surface area (Å²) < 4.78 is 0. The molecule has 0 spiro atoms. The van der Waals surface area contributed by atoms with E-state index in [-0.39, 0.29) is 0 Å². The minimum absolute atomic E-state index is 0.517. The van der Waals surface area contributed by atoms with Gasteiger partial charge in [0.05, 0.1) is 0 Å². The first-order valence-electron chi connectivity index (χ1n) is 8.03. The molecule has 0 heterocycles. The van der Waals surface area contributed by atoms with Crippen molar-refractivity contribution < 1.29 is 0 Å². The second-order valence-electron chi connectivity index (χ2n) is 6.23. The molecule has 0 aliphatic heterocycles. The van der Waals surface area contributed by atoms with Crippen molar-refractivity contribution in [2.45, 2.75) is 65.7 Å². The van der Waals surface area contributed by atoms with E-state index in [9.17, 15) is 0 Å². The Morgan fingerprint density at radius 1 is 1.06 bits per heavy atom. The van der Waals surface area contributed by atoms with Crippen LogP contribution in [0, 0.1) is 11.3 Å². The molecule has 0 amide bonds. The molecule has 0 atom stereocenters. The summed E-state index contributed by atoms with van der Waals surface area (Å²) in [4.78, 5) is 2.69. The van der Waals surface area contributed by atoms with Crippen LogP contribution in [0.1, 0.15) is 65.7 Å². The Labute approximate surface area is 120 Å². The molecule has 0 bridgehead atoms. The van der Waals surface area contributed by atoms with Gasteiger partial charge in [-0.2, -0.15) is 12.6 Å². The molecule has 108 valence electrons. The minimum Gasteiger partial charge on any atom is -0.303 e. The second-order valence-corrected chi connectivity index (χ2v) is 6.55. The fourth-order valence-electron chi connectivity index (χ4n) is 3.36. The Hall–Kier alpha value is 0.310. The van der Waals surface area contributed by atoms with E-state index in [0.29, 0.717) is 5.41 Å². The van der Waals surface area contributed by atoms with Gasteiger partial charge in [-0.15, -0.1) is 0 Å². The topological polar surface area (TPSA) is 3.24 Å². The van der Waals surface area contributed by atoms with E-state index in [1.54, 1.807) is 0 Å². The molecule has 18 heavy (non-hydrogen) atoms. The van der Waals surface area contributed by atoms with E-state index in [2.05, 4.69) is 38.3 Å². The number of hydrogen-bond donors (Lipinski definition) is 1. The lowest BCUT2D eigenvalue weighted by atomic mass is 9.75. The van der Waals surface area contributed by atoms with Crippen LogP contribution in [0.15, 0.2) is 0 Å². The van der Waals surface area contributed by atoms with Gasteiger partial charge in [0.1, 0.15) is 0 Å². The summed E-state index contributed by atoms with van der Waals surface area (Å²) in [6.45, 7) is 10.7. The standard InChI is InChI=1S/C16H33NS/c1-4-15(5-2)12-17(6-3)13-16(14-18)10-8-7-9-11-16/h15,18H,4-14H2,1-3H3. The van der Waals surface area contributed by atoms with Gasteiger partial charge in [-0.1, -0.05) is 52.9 Å². The van der Waals surface area contributed by atoms with Gasteiger partial charge in [-0.3, -0.25) is 0 Å². The monoisotopic (exact) mass is 271 g/mol. The molecule has 1 fully saturated rings. The highest BCUT2D eigenvalue weighted by molar-refractivity contribution is 7.80. The third-order valence-corrected chi connectivity index (χ3v) is 5.60. The number of rotatable bonds is 8. The maximum absolute atomic E-state index is 4.67. The molecule has 1 nitrogen and oxygen atoms in total. The molecule has 1 rings (SSSR count). The van der Waals surface area contributed by atoms with E-state index in [1.807, 2.05) is 0 Å². The van der Waals surface area contributed by atoms with Crippen LogP contribution in [0.4, 0.5) is 0 Å². The maximum atomic E-state index is 4.67. The Morgan fingerprint density at radius 3 is 2.11 bits per heavy atom. The quantitative estimate of drug-likeness (QED) is 0.630. The molecule has 1 aliphatic rings. The lowest BCUT2D eigenvalue weighted by Crippen LogP contribution is -2.42. The summed E-state index contributed by atoms with van der Waals surface area (Å²) in [5.74, 6) is 1.96. The predicted octanol–water partition coefficient (Wildman–Crippen LogP) is 4.62. The Bertz CT molecular complexity index is 207. The van der Waals surface area contributed by atoms with Gasteiger partial charge in [-0.05, 0) is 36.5 Å². The summed E-state index contributed by atoms with van der Waals surface area (Å²) in [5.41, 5.74) is 0.517. The molecule has 0 saturated heterocycles. The fourth-order valence-corrected chi connectivity index (χ4v) is 3.78. The maximum Gasteiger partial charge on any atom is 0.00458 e. The molecule has 0 aromatic heterocycles. The molecule has 1 aliphatic carbocycles.